The predicted molar refractivity (Wildman–Crippen MR) is 103 cm³/mol. The van der Waals surface area contributed by atoms with Gasteiger partial charge in [-0.05, 0) is 48.9 Å². The molecule has 0 aliphatic heterocycles. The summed E-state index contributed by atoms with van der Waals surface area (Å²) >= 11 is 0. The average molecular weight is 353 g/mol. The Bertz CT molecular complexity index is 492. The van der Waals surface area contributed by atoms with Gasteiger partial charge in [0.15, 0.2) is 8.32 Å². The second-order valence-electron chi connectivity index (χ2n) is 9.19. The Labute approximate surface area is 149 Å². The van der Waals surface area contributed by atoms with Crippen LogP contribution in [0.5, 0.6) is 0 Å². The van der Waals surface area contributed by atoms with E-state index in [-0.39, 0.29) is 22.7 Å². The van der Waals surface area contributed by atoms with Crippen molar-refractivity contribution in [1.29, 1.82) is 0 Å². The molecule has 0 radical (unpaired) electrons. The molecule has 2 rings (SSSR count). The van der Waals surface area contributed by atoms with E-state index in [9.17, 15) is 0 Å². The maximum Gasteiger partial charge on any atom is 0.192 e. The topological polar surface area (TPSA) is 27.7 Å². The lowest BCUT2D eigenvalue weighted by Crippen LogP contribution is -2.48. The van der Waals surface area contributed by atoms with E-state index in [4.69, 9.17) is 13.9 Å². The number of hydrogen-bond acceptors (Lipinski definition) is 3. The predicted octanol–water partition coefficient (Wildman–Crippen LogP) is 5.30. The van der Waals surface area contributed by atoms with E-state index >= 15 is 0 Å². The smallest absolute Gasteiger partial charge is 0.192 e. The summed E-state index contributed by atoms with van der Waals surface area (Å²) in [5.74, 6) is 0.548. The minimum atomic E-state index is -1.83. The van der Waals surface area contributed by atoms with Crippen LogP contribution in [0.4, 0.5) is 0 Å². The monoisotopic (exact) mass is 352 g/mol. The summed E-state index contributed by atoms with van der Waals surface area (Å²) in [5.41, 5.74) is 1.40. The quantitative estimate of drug-likeness (QED) is 0.479. The molecule has 24 heavy (non-hydrogen) atoms. The second kappa shape index (κ2) is 7.06. The summed E-state index contributed by atoms with van der Waals surface area (Å²) in [6, 6.07) is 0. The maximum absolute atomic E-state index is 6.79. The van der Waals surface area contributed by atoms with Crippen molar-refractivity contribution in [3.63, 3.8) is 0 Å². The van der Waals surface area contributed by atoms with Gasteiger partial charge in [-0.15, -0.1) is 0 Å². The van der Waals surface area contributed by atoms with Crippen molar-refractivity contribution < 1.29 is 13.9 Å². The molecule has 0 unspecified atom stereocenters. The summed E-state index contributed by atoms with van der Waals surface area (Å²) in [6.45, 7) is 18.3. The summed E-state index contributed by atoms with van der Waals surface area (Å²) in [7, 11) is -0.140. The number of rotatable bonds is 6. The van der Waals surface area contributed by atoms with Crippen molar-refractivity contribution in [2.24, 2.45) is 11.3 Å². The van der Waals surface area contributed by atoms with Crippen LogP contribution in [-0.4, -0.2) is 34.4 Å². The fourth-order valence-corrected chi connectivity index (χ4v) is 5.19. The molecule has 0 N–H and O–H groups in total. The number of methoxy groups -OCH3 is 1. The molecule has 0 aromatic carbocycles. The number of allylic oxidation sites excluding steroid dienone is 1. The van der Waals surface area contributed by atoms with Crippen LogP contribution < -0.4 is 0 Å². The molecular formula is C20H36O3Si. The van der Waals surface area contributed by atoms with Gasteiger partial charge in [0.05, 0.1) is 12.2 Å². The van der Waals surface area contributed by atoms with E-state index < -0.39 is 8.32 Å². The van der Waals surface area contributed by atoms with Gasteiger partial charge in [-0.2, -0.15) is 0 Å². The van der Waals surface area contributed by atoms with E-state index in [1.54, 1.807) is 7.11 Å². The molecule has 3 nitrogen and oxygen atoms in total. The van der Waals surface area contributed by atoms with Crippen LogP contribution in [0.2, 0.25) is 18.1 Å². The molecule has 4 atom stereocenters. The van der Waals surface area contributed by atoms with Gasteiger partial charge in [0.2, 0.25) is 0 Å². The van der Waals surface area contributed by atoms with E-state index in [2.05, 4.69) is 53.4 Å². The van der Waals surface area contributed by atoms with Crippen molar-refractivity contribution in [1.82, 2.24) is 0 Å². The minimum absolute atomic E-state index is 0.123. The SMILES string of the molecule is C=CC1=C[C@H]2CC[C@H](OCOC)[C@@]2(C)C[C@H]1O[Si](C)(C)C(C)(C)C. The molecule has 0 heterocycles. The number of hydrogen-bond donors (Lipinski definition) is 0. The molecule has 138 valence electrons. The highest BCUT2D eigenvalue weighted by Crippen LogP contribution is 2.54. The lowest BCUT2D eigenvalue weighted by molar-refractivity contribution is -0.116. The number of ether oxygens (including phenoxy) is 2. The maximum atomic E-state index is 6.79. The van der Waals surface area contributed by atoms with Crippen molar-refractivity contribution in [3.8, 4) is 0 Å². The molecule has 0 spiro atoms. The van der Waals surface area contributed by atoms with Crippen LogP contribution in [0.25, 0.3) is 0 Å². The Kier molecular flexibility index (Phi) is 5.86. The first-order valence-electron chi connectivity index (χ1n) is 9.17. The number of fused-ring (bicyclic) bond motifs is 1. The molecule has 1 saturated carbocycles. The molecular weight excluding hydrogens is 316 g/mol. The standard InChI is InChI=1S/C20H36O3Si/c1-9-15-12-16-10-11-18(22-14-21-6)20(16,5)13-17(15)23-24(7,8)19(2,3)4/h9,12,16-18H,1,10-11,13-14H2,2-8H3/t16-,17-,18+,20+/m1/s1. The van der Waals surface area contributed by atoms with Crippen LogP contribution in [0.1, 0.15) is 47.0 Å². The van der Waals surface area contributed by atoms with E-state index in [1.807, 2.05) is 6.08 Å². The summed E-state index contributed by atoms with van der Waals surface area (Å²) in [5, 5.41) is 0.207. The third kappa shape index (κ3) is 3.72. The Balaban J connectivity index is 2.24. The zero-order valence-electron chi connectivity index (χ0n) is 16.6. The molecule has 0 saturated heterocycles. The van der Waals surface area contributed by atoms with E-state index in [0.717, 1.165) is 12.8 Å². The molecule has 2 aliphatic rings. The third-order valence-corrected chi connectivity index (χ3v) is 11.1. The second-order valence-corrected chi connectivity index (χ2v) is 13.9. The largest absolute Gasteiger partial charge is 0.410 e. The highest BCUT2D eigenvalue weighted by atomic mass is 28.4. The normalized spacial score (nSPS) is 34.0. The first kappa shape index (κ1) is 19.9. The lowest BCUT2D eigenvalue weighted by atomic mass is 9.68. The molecule has 0 amide bonds. The van der Waals surface area contributed by atoms with Gasteiger partial charge < -0.3 is 13.9 Å². The minimum Gasteiger partial charge on any atom is -0.410 e. The van der Waals surface area contributed by atoms with Gasteiger partial charge in [-0.3, -0.25) is 0 Å². The molecule has 2 aliphatic carbocycles. The van der Waals surface area contributed by atoms with Crippen LogP contribution in [0, 0.1) is 11.3 Å². The first-order valence-corrected chi connectivity index (χ1v) is 12.1. The molecule has 0 aromatic rings. The van der Waals surface area contributed by atoms with Crippen LogP contribution >= 0.6 is 0 Å². The summed E-state index contributed by atoms with van der Waals surface area (Å²) in [4.78, 5) is 0. The van der Waals surface area contributed by atoms with Crippen LogP contribution in [0.15, 0.2) is 24.3 Å². The summed E-state index contributed by atoms with van der Waals surface area (Å²) in [6.07, 6.45) is 8.07. The Hall–Kier alpha value is -0.423. The van der Waals surface area contributed by atoms with Crippen molar-refractivity contribution in [2.75, 3.05) is 13.9 Å². The van der Waals surface area contributed by atoms with Gasteiger partial charge in [0.25, 0.3) is 0 Å². The zero-order valence-corrected chi connectivity index (χ0v) is 17.6. The van der Waals surface area contributed by atoms with Crippen LogP contribution in [0.3, 0.4) is 0 Å². The molecule has 4 heteroatoms. The van der Waals surface area contributed by atoms with Gasteiger partial charge in [0.1, 0.15) is 6.79 Å². The van der Waals surface area contributed by atoms with Crippen molar-refractivity contribution in [3.05, 3.63) is 24.3 Å². The first-order chi connectivity index (χ1) is 11.0. The molecule has 1 fully saturated rings. The summed E-state index contributed by atoms with van der Waals surface area (Å²) < 4.78 is 17.9. The van der Waals surface area contributed by atoms with Gasteiger partial charge in [-0.25, -0.2) is 0 Å². The van der Waals surface area contributed by atoms with E-state index in [0.29, 0.717) is 12.7 Å². The Morgan fingerprint density at radius 3 is 2.54 bits per heavy atom. The molecule has 0 aromatic heterocycles. The van der Waals surface area contributed by atoms with Crippen molar-refractivity contribution in [2.45, 2.75) is 77.3 Å². The Morgan fingerprint density at radius 2 is 2.00 bits per heavy atom. The highest BCUT2D eigenvalue weighted by molar-refractivity contribution is 6.74. The average Bonchev–Trinajstić information content (AvgIpc) is 2.78. The highest BCUT2D eigenvalue weighted by Gasteiger charge is 2.51. The van der Waals surface area contributed by atoms with Crippen LogP contribution in [-0.2, 0) is 13.9 Å². The lowest BCUT2D eigenvalue weighted by Gasteiger charge is -2.46. The third-order valence-electron chi connectivity index (χ3n) is 6.58. The fraction of sp³-hybridized carbons (Fsp3) is 0.800. The van der Waals surface area contributed by atoms with Gasteiger partial charge >= 0.3 is 0 Å². The van der Waals surface area contributed by atoms with Gasteiger partial charge in [0, 0.05) is 12.5 Å². The molecule has 0 bridgehead atoms. The van der Waals surface area contributed by atoms with E-state index in [1.165, 1.54) is 12.0 Å². The van der Waals surface area contributed by atoms with Crippen molar-refractivity contribution >= 4 is 8.32 Å². The van der Waals surface area contributed by atoms with Gasteiger partial charge in [-0.1, -0.05) is 46.4 Å². The Morgan fingerprint density at radius 1 is 1.33 bits per heavy atom. The fourth-order valence-electron chi connectivity index (χ4n) is 3.91. The zero-order chi connectivity index (χ0) is 18.2.